The summed E-state index contributed by atoms with van der Waals surface area (Å²) in [5.41, 5.74) is 1.76. The fraction of sp³-hybridized carbons (Fsp3) is 1.00. The molecule has 4 heteroatoms. The molecule has 20 heavy (non-hydrogen) atoms. The Labute approximate surface area is 122 Å². The molecule has 6 atom stereocenters. The van der Waals surface area contributed by atoms with Crippen LogP contribution in [0.15, 0.2) is 0 Å². The first-order valence-corrected chi connectivity index (χ1v) is 11.1. The molecule has 0 aromatic rings. The molecule has 112 valence electrons. The van der Waals surface area contributed by atoms with Crippen LogP contribution < -0.4 is 0 Å². The molecule has 0 N–H and O–H groups in total. The summed E-state index contributed by atoms with van der Waals surface area (Å²) in [7, 11) is -1.57. The van der Waals surface area contributed by atoms with Crippen molar-refractivity contribution < 1.29 is 13.9 Å². The van der Waals surface area contributed by atoms with Gasteiger partial charge in [-0.3, -0.25) is 0 Å². The molecule has 5 rings (SSSR count). The first kappa shape index (κ1) is 12.6. The van der Waals surface area contributed by atoms with Crippen LogP contribution in [0, 0.1) is 0 Å². The fourth-order valence-corrected chi connectivity index (χ4v) is 11.5. The van der Waals surface area contributed by atoms with E-state index < -0.39 is 8.32 Å². The van der Waals surface area contributed by atoms with Crippen molar-refractivity contribution in [2.24, 2.45) is 0 Å². The number of ether oxygens (including phenoxy) is 2. The van der Waals surface area contributed by atoms with Gasteiger partial charge in [0.25, 0.3) is 0 Å². The van der Waals surface area contributed by atoms with Crippen LogP contribution in [0.3, 0.4) is 0 Å². The van der Waals surface area contributed by atoms with E-state index in [2.05, 4.69) is 0 Å². The summed E-state index contributed by atoms with van der Waals surface area (Å²) in [4.78, 5) is 0. The van der Waals surface area contributed by atoms with E-state index in [0.717, 1.165) is 17.7 Å². The normalized spacial score (nSPS) is 57.6. The molecule has 0 aromatic carbocycles. The number of epoxide rings is 2. The zero-order valence-corrected chi connectivity index (χ0v) is 13.3. The third-order valence-corrected chi connectivity index (χ3v) is 12.4. The second-order valence-corrected chi connectivity index (χ2v) is 12.0. The zero-order chi connectivity index (χ0) is 13.2. The van der Waals surface area contributed by atoms with Crippen molar-refractivity contribution in [1.29, 1.82) is 0 Å². The lowest BCUT2D eigenvalue weighted by Crippen LogP contribution is -2.52. The summed E-state index contributed by atoms with van der Waals surface area (Å²) in [5.74, 6) is 0. The minimum Gasteiger partial charge on any atom is -0.416 e. The average Bonchev–Trinajstić information content (AvgIpc) is 3.39. The lowest BCUT2D eigenvalue weighted by atomic mass is 9.99. The molecule has 6 unspecified atom stereocenters. The molecule has 0 aromatic heterocycles. The van der Waals surface area contributed by atoms with Crippen molar-refractivity contribution in [2.45, 2.75) is 92.9 Å². The SMILES string of the molecule is C1CC[Si](C2CCC3OC3C2)(C2CCC3OC3C2)OC1. The molecule has 0 radical (unpaired) electrons. The average molecular weight is 294 g/mol. The van der Waals surface area contributed by atoms with E-state index in [0.29, 0.717) is 24.4 Å². The van der Waals surface area contributed by atoms with Gasteiger partial charge >= 0.3 is 0 Å². The maximum Gasteiger partial charge on any atom is 0.199 e. The Morgan fingerprint density at radius 1 is 0.700 bits per heavy atom. The maximum atomic E-state index is 6.71. The highest BCUT2D eigenvalue weighted by atomic mass is 28.4. The summed E-state index contributed by atoms with van der Waals surface area (Å²) in [6, 6.07) is 1.43. The van der Waals surface area contributed by atoms with Gasteiger partial charge in [0.05, 0.1) is 24.4 Å². The molecule has 0 spiro atoms. The monoisotopic (exact) mass is 294 g/mol. The molecule has 5 aliphatic rings. The first-order chi connectivity index (χ1) is 9.85. The van der Waals surface area contributed by atoms with E-state index in [4.69, 9.17) is 13.9 Å². The number of hydrogen-bond donors (Lipinski definition) is 0. The summed E-state index contributed by atoms with van der Waals surface area (Å²) in [5, 5.41) is 0. The number of hydrogen-bond acceptors (Lipinski definition) is 3. The van der Waals surface area contributed by atoms with Crippen LogP contribution in [0.1, 0.15) is 51.4 Å². The van der Waals surface area contributed by atoms with Crippen molar-refractivity contribution in [3.63, 3.8) is 0 Å². The quantitative estimate of drug-likeness (QED) is 0.578. The predicted molar refractivity (Wildman–Crippen MR) is 78.3 cm³/mol. The van der Waals surface area contributed by atoms with Gasteiger partial charge in [0, 0.05) is 6.61 Å². The highest BCUT2D eigenvalue weighted by Crippen LogP contribution is 2.57. The fourth-order valence-electron chi connectivity index (χ4n) is 5.51. The Bertz CT molecular complexity index is 365. The van der Waals surface area contributed by atoms with Gasteiger partial charge in [0.2, 0.25) is 0 Å². The van der Waals surface area contributed by atoms with Gasteiger partial charge in [-0.2, -0.15) is 0 Å². The molecule has 3 saturated heterocycles. The first-order valence-electron chi connectivity index (χ1n) is 8.80. The van der Waals surface area contributed by atoms with Crippen LogP contribution >= 0.6 is 0 Å². The Balaban J connectivity index is 1.40. The van der Waals surface area contributed by atoms with Gasteiger partial charge in [-0.05, 0) is 62.1 Å². The second kappa shape index (κ2) is 4.54. The predicted octanol–water partition coefficient (Wildman–Crippen LogP) is 3.39. The van der Waals surface area contributed by atoms with Gasteiger partial charge in [-0.25, -0.2) is 0 Å². The molecule has 3 aliphatic heterocycles. The van der Waals surface area contributed by atoms with E-state index >= 15 is 0 Å². The van der Waals surface area contributed by atoms with E-state index in [9.17, 15) is 0 Å². The lowest BCUT2D eigenvalue weighted by molar-refractivity contribution is 0.233. The summed E-state index contributed by atoms with van der Waals surface area (Å²) in [6.45, 7) is 1.04. The van der Waals surface area contributed by atoms with Crippen molar-refractivity contribution in [1.82, 2.24) is 0 Å². The van der Waals surface area contributed by atoms with E-state index in [1.807, 2.05) is 0 Å². The molecule has 5 fully saturated rings. The highest BCUT2D eigenvalue weighted by molar-refractivity contribution is 6.77. The van der Waals surface area contributed by atoms with Crippen LogP contribution in [-0.2, 0) is 13.9 Å². The van der Waals surface area contributed by atoms with Gasteiger partial charge in [0.1, 0.15) is 0 Å². The topological polar surface area (TPSA) is 34.3 Å². The zero-order valence-electron chi connectivity index (χ0n) is 12.3. The summed E-state index contributed by atoms with van der Waals surface area (Å²) < 4.78 is 18.3. The van der Waals surface area contributed by atoms with Crippen LogP contribution in [0.5, 0.6) is 0 Å². The van der Waals surface area contributed by atoms with Crippen LogP contribution in [-0.4, -0.2) is 39.3 Å². The largest absolute Gasteiger partial charge is 0.416 e. The van der Waals surface area contributed by atoms with Crippen LogP contribution in [0.25, 0.3) is 0 Å². The van der Waals surface area contributed by atoms with E-state index in [1.165, 1.54) is 57.4 Å². The second-order valence-electron chi connectivity index (χ2n) is 7.71. The Morgan fingerprint density at radius 3 is 1.85 bits per heavy atom. The molecular formula is C16H26O3Si. The van der Waals surface area contributed by atoms with Crippen LogP contribution in [0.4, 0.5) is 0 Å². The van der Waals surface area contributed by atoms with Gasteiger partial charge in [-0.1, -0.05) is 6.42 Å². The molecule has 2 saturated carbocycles. The van der Waals surface area contributed by atoms with E-state index in [1.54, 1.807) is 0 Å². The number of fused-ring (bicyclic) bond motifs is 2. The molecule has 3 nitrogen and oxygen atoms in total. The Morgan fingerprint density at radius 2 is 1.35 bits per heavy atom. The molecule has 0 amide bonds. The third-order valence-electron chi connectivity index (χ3n) is 6.72. The molecule has 2 aliphatic carbocycles. The Kier molecular flexibility index (Phi) is 2.87. The maximum absolute atomic E-state index is 6.71. The minimum atomic E-state index is -1.57. The molecule has 3 heterocycles. The Hall–Kier alpha value is 0.0969. The standard InChI is InChI=1S/C16H26O3Si/c1-2-8-20(17-7-1,11-3-5-13-15(9-11)18-13)12-4-6-14-16(10-12)19-14/h11-16H,1-10H2. The van der Waals surface area contributed by atoms with Crippen LogP contribution in [0.2, 0.25) is 17.1 Å². The third kappa shape index (κ3) is 1.95. The van der Waals surface area contributed by atoms with Crippen molar-refractivity contribution in [3.8, 4) is 0 Å². The van der Waals surface area contributed by atoms with E-state index in [-0.39, 0.29) is 0 Å². The summed E-state index contributed by atoms with van der Waals surface area (Å²) >= 11 is 0. The molecular weight excluding hydrogens is 268 g/mol. The van der Waals surface area contributed by atoms with Gasteiger partial charge in [0.15, 0.2) is 8.32 Å². The van der Waals surface area contributed by atoms with Crippen molar-refractivity contribution >= 4 is 8.32 Å². The van der Waals surface area contributed by atoms with Gasteiger partial charge < -0.3 is 13.9 Å². The summed E-state index contributed by atoms with van der Waals surface area (Å²) in [6.07, 6.45) is 13.2. The van der Waals surface area contributed by atoms with Gasteiger partial charge in [-0.15, -0.1) is 0 Å². The van der Waals surface area contributed by atoms with Crippen molar-refractivity contribution in [3.05, 3.63) is 0 Å². The smallest absolute Gasteiger partial charge is 0.199 e. The lowest BCUT2D eigenvalue weighted by Gasteiger charge is -2.48. The minimum absolute atomic E-state index is 0.608. The number of rotatable bonds is 2. The highest BCUT2D eigenvalue weighted by Gasteiger charge is 2.59. The van der Waals surface area contributed by atoms with Crippen molar-refractivity contribution in [2.75, 3.05) is 6.61 Å². The molecule has 0 bridgehead atoms.